The molecule has 26 heavy (non-hydrogen) atoms. The first-order valence-electron chi connectivity index (χ1n) is 8.54. The predicted molar refractivity (Wildman–Crippen MR) is 104 cm³/mol. The van der Waals surface area contributed by atoms with E-state index in [-0.39, 0.29) is 5.91 Å². The van der Waals surface area contributed by atoms with Gasteiger partial charge in [0.1, 0.15) is 0 Å². The fourth-order valence-corrected chi connectivity index (χ4v) is 3.04. The van der Waals surface area contributed by atoms with Crippen molar-refractivity contribution < 1.29 is 19.0 Å². The molecule has 2 aromatic rings. The molecule has 0 spiro atoms. The van der Waals surface area contributed by atoms with Crippen LogP contribution in [0.1, 0.15) is 41.6 Å². The normalized spacial score (nSPS) is 10.8. The molecule has 0 saturated heterocycles. The quantitative estimate of drug-likeness (QED) is 0.530. The van der Waals surface area contributed by atoms with Crippen LogP contribution in [0.3, 0.4) is 0 Å². The first-order valence-corrected chi connectivity index (χ1v) is 9.42. The zero-order chi connectivity index (χ0) is 18.9. The third-order valence-electron chi connectivity index (χ3n) is 3.42. The summed E-state index contributed by atoms with van der Waals surface area (Å²) in [6.07, 6.45) is 1.64. The number of nitrogens with one attached hydrogen (secondary N) is 1. The highest BCUT2D eigenvalue weighted by molar-refractivity contribution is 7.11. The number of hydrogen-bond donors (Lipinski definition) is 1. The maximum absolute atomic E-state index is 12.5. The number of amides is 1. The minimum atomic E-state index is -0.347. The van der Waals surface area contributed by atoms with Crippen LogP contribution in [0.2, 0.25) is 0 Å². The summed E-state index contributed by atoms with van der Waals surface area (Å²) in [5.41, 5.74) is 4.05. The molecule has 2 rings (SSSR count). The predicted octanol–water partition coefficient (Wildman–Crippen LogP) is 4.02. The van der Waals surface area contributed by atoms with Crippen molar-refractivity contribution in [3.8, 4) is 17.2 Å². The van der Waals surface area contributed by atoms with Crippen LogP contribution >= 0.6 is 11.3 Å². The molecular formula is C19H24N2O4S. The average Bonchev–Trinajstić information content (AvgIpc) is 3.03. The Morgan fingerprint density at radius 3 is 2.23 bits per heavy atom. The smallest absolute Gasteiger partial charge is 0.271 e. The lowest BCUT2D eigenvalue weighted by molar-refractivity contribution is 0.0954. The molecule has 1 N–H and O–H groups in total. The third-order valence-corrected chi connectivity index (χ3v) is 4.37. The van der Waals surface area contributed by atoms with Crippen molar-refractivity contribution in [2.75, 3.05) is 19.8 Å². The number of ether oxygens (including phenoxy) is 3. The number of aryl methyl sites for hydroxylation is 1. The van der Waals surface area contributed by atoms with Crippen molar-refractivity contribution in [3.05, 3.63) is 39.6 Å². The fourth-order valence-electron chi connectivity index (χ4n) is 2.25. The molecule has 0 unspecified atom stereocenters. The van der Waals surface area contributed by atoms with Crippen molar-refractivity contribution in [3.63, 3.8) is 0 Å². The van der Waals surface area contributed by atoms with Crippen molar-refractivity contribution in [2.24, 2.45) is 5.10 Å². The van der Waals surface area contributed by atoms with E-state index in [0.717, 1.165) is 10.4 Å². The largest absolute Gasteiger partial charge is 0.490 e. The Morgan fingerprint density at radius 1 is 1.12 bits per heavy atom. The fraction of sp³-hybridized carbons (Fsp3) is 0.368. The van der Waals surface area contributed by atoms with Gasteiger partial charge in [0.15, 0.2) is 11.5 Å². The van der Waals surface area contributed by atoms with Gasteiger partial charge >= 0.3 is 0 Å². The van der Waals surface area contributed by atoms with E-state index in [1.807, 2.05) is 39.1 Å². The maximum Gasteiger partial charge on any atom is 0.271 e. The van der Waals surface area contributed by atoms with Crippen LogP contribution in [-0.4, -0.2) is 31.9 Å². The molecule has 0 bridgehead atoms. The van der Waals surface area contributed by atoms with Gasteiger partial charge in [0.25, 0.3) is 5.91 Å². The van der Waals surface area contributed by atoms with Gasteiger partial charge in [-0.15, -0.1) is 11.3 Å². The van der Waals surface area contributed by atoms with Crippen LogP contribution in [-0.2, 0) is 0 Å². The topological polar surface area (TPSA) is 69.2 Å². The number of carbonyl (C=O) groups is 1. The van der Waals surface area contributed by atoms with E-state index in [2.05, 4.69) is 10.5 Å². The summed E-state index contributed by atoms with van der Waals surface area (Å²) >= 11 is 1.57. The van der Waals surface area contributed by atoms with Crippen LogP contribution in [0.4, 0.5) is 0 Å². The molecule has 7 heteroatoms. The zero-order valence-corrected chi connectivity index (χ0v) is 16.3. The zero-order valence-electron chi connectivity index (χ0n) is 15.5. The Morgan fingerprint density at radius 2 is 1.73 bits per heavy atom. The van der Waals surface area contributed by atoms with E-state index in [0.29, 0.717) is 42.6 Å². The molecular weight excluding hydrogens is 352 g/mol. The van der Waals surface area contributed by atoms with Crippen LogP contribution < -0.4 is 19.6 Å². The number of benzene rings is 1. The van der Waals surface area contributed by atoms with Gasteiger partial charge in [-0.25, -0.2) is 5.43 Å². The van der Waals surface area contributed by atoms with Crippen molar-refractivity contribution in [1.82, 2.24) is 5.43 Å². The van der Waals surface area contributed by atoms with Gasteiger partial charge in [-0.05, 0) is 56.8 Å². The van der Waals surface area contributed by atoms with Crippen molar-refractivity contribution in [2.45, 2.75) is 27.7 Å². The summed E-state index contributed by atoms with van der Waals surface area (Å²) in [6.45, 7) is 8.99. The van der Waals surface area contributed by atoms with Gasteiger partial charge in [-0.1, -0.05) is 0 Å². The van der Waals surface area contributed by atoms with E-state index >= 15 is 0 Å². The van der Waals surface area contributed by atoms with E-state index < -0.39 is 0 Å². The van der Waals surface area contributed by atoms with Gasteiger partial charge in [-0.2, -0.15) is 5.10 Å². The van der Waals surface area contributed by atoms with Crippen molar-refractivity contribution in [1.29, 1.82) is 0 Å². The molecule has 6 nitrogen and oxygen atoms in total. The van der Waals surface area contributed by atoms with Gasteiger partial charge in [0, 0.05) is 10.4 Å². The summed E-state index contributed by atoms with van der Waals surface area (Å²) < 4.78 is 16.9. The molecule has 1 heterocycles. The minimum Gasteiger partial charge on any atom is -0.490 e. The second-order valence-electron chi connectivity index (χ2n) is 5.27. The molecule has 140 valence electrons. The standard InChI is InChI=1S/C19H24N2O4S/c1-5-23-15-10-14(11-16(24-6-2)18(15)25-7-3)19(22)21-20-12-17-13(4)8-9-26-17/h8-12H,5-7H2,1-4H3,(H,21,22)/b20-12-. The van der Waals surface area contributed by atoms with Gasteiger partial charge in [0.2, 0.25) is 5.75 Å². The summed E-state index contributed by atoms with van der Waals surface area (Å²) in [4.78, 5) is 13.5. The van der Waals surface area contributed by atoms with Crippen LogP contribution in [0.25, 0.3) is 0 Å². The SMILES string of the molecule is CCOc1cc(C(=O)N/N=C\c2sccc2C)cc(OCC)c1OCC. The van der Waals surface area contributed by atoms with Crippen LogP contribution in [0.15, 0.2) is 28.7 Å². The number of thiophene rings is 1. The van der Waals surface area contributed by atoms with Crippen molar-refractivity contribution >= 4 is 23.5 Å². The number of rotatable bonds is 9. The first kappa shape index (κ1) is 19.8. The average molecular weight is 376 g/mol. The minimum absolute atomic E-state index is 0.347. The summed E-state index contributed by atoms with van der Waals surface area (Å²) in [6, 6.07) is 5.28. The second kappa shape index (κ2) is 9.82. The summed E-state index contributed by atoms with van der Waals surface area (Å²) in [5, 5.41) is 6.01. The van der Waals surface area contributed by atoms with E-state index in [1.165, 1.54) is 0 Å². The molecule has 0 aliphatic heterocycles. The monoisotopic (exact) mass is 376 g/mol. The van der Waals surface area contributed by atoms with Gasteiger partial charge in [-0.3, -0.25) is 4.79 Å². The molecule has 1 aromatic heterocycles. The molecule has 0 aliphatic carbocycles. The van der Waals surface area contributed by atoms with E-state index in [1.54, 1.807) is 29.7 Å². The molecule has 1 aromatic carbocycles. The Labute approximate surface area is 157 Å². The lowest BCUT2D eigenvalue weighted by Gasteiger charge is -2.16. The highest BCUT2D eigenvalue weighted by atomic mass is 32.1. The number of hydrogen-bond acceptors (Lipinski definition) is 6. The van der Waals surface area contributed by atoms with E-state index in [4.69, 9.17) is 14.2 Å². The molecule has 0 aliphatic rings. The van der Waals surface area contributed by atoms with Gasteiger partial charge < -0.3 is 14.2 Å². The number of carbonyl (C=O) groups excluding carboxylic acids is 1. The first-order chi connectivity index (χ1) is 12.6. The summed E-state index contributed by atoms with van der Waals surface area (Å²) in [7, 11) is 0. The Hall–Kier alpha value is -2.54. The van der Waals surface area contributed by atoms with Crippen LogP contribution in [0, 0.1) is 6.92 Å². The second-order valence-corrected chi connectivity index (χ2v) is 6.22. The molecule has 0 fully saturated rings. The highest BCUT2D eigenvalue weighted by Gasteiger charge is 2.18. The summed E-state index contributed by atoms with van der Waals surface area (Å²) in [5.74, 6) is 1.11. The molecule has 1 amide bonds. The molecule has 0 saturated carbocycles. The third kappa shape index (κ3) is 4.98. The Balaban J connectivity index is 2.24. The van der Waals surface area contributed by atoms with Crippen LogP contribution in [0.5, 0.6) is 17.2 Å². The lowest BCUT2D eigenvalue weighted by atomic mass is 10.1. The van der Waals surface area contributed by atoms with E-state index in [9.17, 15) is 4.79 Å². The number of hydrazone groups is 1. The lowest BCUT2D eigenvalue weighted by Crippen LogP contribution is -2.18. The molecule has 0 radical (unpaired) electrons. The Kier molecular flexibility index (Phi) is 7.47. The Bertz CT molecular complexity index is 744. The number of nitrogens with zero attached hydrogens (tertiary/aromatic N) is 1. The maximum atomic E-state index is 12.5. The highest BCUT2D eigenvalue weighted by Crippen LogP contribution is 2.39. The molecule has 0 atom stereocenters. The van der Waals surface area contributed by atoms with Gasteiger partial charge in [0.05, 0.1) is 26.0 Å².